The fourth-order valence-electron chi connectivity index (χ4n) is 2.47. The number of thiazole rings is 1. The van der Waals surface area contributed by atoms with Crippen LogP contribution in [0.2, 0.25) is 0 Å². The number of aromatic nitrogens is 1. The quantitative estimate of drug-likeness (QED) is 0.276. The van der Waals surface area contributed by atoms with Crippen LogP contribution in [-0.2, 0) is 4.79 Å². The summed E-state index contributed by atoms with van der Waals surface area (Å²) in [6.07, 6.45) is 3.09. The van der Waals surface area contributed by atoms with Crippen molar-refractivity contribution >= 4 is 50.1 Å². The Kier molecular flexibility index (Phi) is 6.73. The van der Waals surface area contributed by atoms with Gasteiger partial charge < -0.3 is 4.74 Å². The maximum absolute atomic E-state index is 12.2. The maximum atomic E-state index is 12.2. The lowest BCUT2D eigenvalue weighted by atomic mass is 10.1. The van der Waals surface area contributed by atoms with Crippen LogP contribution in [0.25, 0.3) is 17.3 Å². The Morgan fingerprint density at radius 2 is 2.07 bits per heavy atom. The molecule has 148 valence electrons. The molecule has 0 fully saturated rings. The smallest absolute Gasteiger partial charge is 0.269 e. The molecule has 2 aromatic carbocycles. The number of nitro benzene ring substituents is 1. The standard InChI is InChI=1S/C20H16BrN3O4S/c1-2-28-18-9-6-15(21)11-14(18)5-10-19(25)23-20-22-17(12-29-20)13-3-7-16(8-4-13)24(26)27/h3-12H,2H2,1H3,(H,22,23,25)/b10-5+. The van der Waals surface area contributed by atoms with Crippen molar-refractivity contribution in [1.82, 2.24) is 4.98 Å². The van der Waals surface area contributed by atoms with Crippen molar-refractivity contribution in [2.24, 2.45) is 0 Å². The SMILES string of the molecule is CCOc1ccc(Br)cc1/C=C/C(=O)Nc1nc(-c2ccc([N+](=O)[O-])cc2)cs1. The Bertz CT molecular complexity index is 1060. The Hall–Kier alpha value is -3.04. The molecule has 1 amide bonds. The second-order valence-electron chi connectivity index (χ2n) is 5.78. The Labute approximate surface area is 179 Å². The summed E-state index contributed by atoms with van der Waals surface area (Å²) in [6.45, 7) is 2.42. The van der Waals surface area contributed by atoms with Crippen molar-refractivity contribution in [2.75, 3.05) is 11.9 Å². The molecule has 9 heteroatoms. The van der Waals surface area contributed by atoms with E-state index in [1.807, 2.05) is 25.1 Å². The summed E-state index contributed by atoms with van der Waals surface area (Å²) in [7, 11) is 0. The number of nitrogens with zero attached hydrogens (tertiary/aromatic N) is 2. The van der Waals surface area contributed by atoms with E-state index < -0.39 is 4.92 Å². The molecule has 29 heavy (non-hydrogen) atoms. The number of nitro groups is 1. The van der Waals surface area contributed by atoms with Gasteiger partial charge in [0.25, 0.3) is 5.69 Å². The number of rotatable bonds is 7. The van der Waals surface area contributed by atoms with E-state index in [0.29, 0.717) is 23.2 Å². The Morgan fingerprint density at radius 3 is 2.76 bits per heavy atom. The van der Waals surface area contributed by atoms with Crippen LogP contribution < -0.4 is 10.1 Å². The van der Waals surface area contributed by atoms with Gasteiger partial charge in [0.2, 0.25) is 5.91 Å². The monoisotopic (exact) mass is 473 g/mol. The highest BCUT2D eigenvalue weighted by atomic mass is 79.9. The van der Waals surface area contributed by atoms with Crippen molar-refractivity contribution in [3.8, 4) is 17.0 Å². The van der Waals surface area contributed by atoms with Gasteiger partial charge in [-0.15, -0.1) is 11.3 Å². The molecule has 0 unspecified atom stereocenters. The van der Waals surface area contributed by atoms with Crippen LogP contribution in [0.5, 0.6) is 5.75 Å². The summed E-state index contributed by atoms with van der Waals surface area (Å²) in [4.78, 5) is 26.9. The van der Waals surface area contributed by atoms with Crippen LogP contribution in [-0.4, -0.2) is 22.4 Å². The van der Waals surface area contributed by atoms with Crippen LogP contribution in [0.15, 0.2) is 58.4 Å². The van der Waals surface area contributed by atoms with Crippen LogP contribution in [0.3, 0.4) is 0 Å². The Morgan fingerprint density at radius 1 is 1.31 bits per heavy atom. The summed E-state index contributed by atoms with van der Waals surface area (Å²) >= 11 is 4.69. The number of anilines is 1. The zero-order chi connectivity index (χ0) is 20.8. The fraction of sp³-hybridized carbons (Fsp3) is 0.100. The highest BCUT2D eigenvalue weighted by Gasteiger charge is 2.09. The number of benzene rings is 2. The molecule has 0 atom stereocenters. The zero-order valence-electron chi connectivity index (χ0n) is 15.3. The van der Waals surface area contributed by atoms with Gasteiger partial charge in [0, 0.05) is 39.2 Å². The predicted molar refractivity (Wildman–Crippen MR) is 117 cm³/mol. The topological polar surface area (TPSA) is 94.4 Å². The molecule has 0 aliphatic heterocycles. The molecule has 0 saturated carbocycles. The molecule has 7 nitrogen and oxygen atoms in total. The first kappa shape index (κ1) is 20.7. The third-order valence-corrected chi connectivity index (χ3v) is 5.05. The lowest BCUT2D eigenvalue weighted by molar-refractivity contribution is -0.384. The molecule has 0 aliphatic rings. The number of non-ortho nitro benzene ring substituents is 1. The second-order valence-corrected chi connectivity index (χ2v) is 7.55. The number of ether oxygens (including phenoxy) is 1. The van der Waals surface area contributed by atoms with Gasteiger partial charge in [-0.2, -0.15) is 0 Å². The highest BCUT2D eigenvalue weighted by molar-refractivity contribution is 9.10. The van der Waals surface area contributed by atoms with Gasteiger partial charge in [-0.1, -0.05) is 15.9 Å². The molecule has 0 saturated heterocycles. The van der Waals surface area contributed by atoms with Gasteiger partial charge in [0.05, 0.1) is 17.2 Å². The number of carbonyl (C=O) groups is 1. The van der Waals surface area contributed by atoms with Crippen LogP contribution in [0, 0.1) is 10.1 Å². The number of amides is 1. The molecule has 1 N–H and O–H groups in total. The first-order chi connectivity index (χ1) is 14.0. The molecule has 0 bridgehead atoms. The van der Waals surface area contributed by atoms with Gasteiger partial charge in [0.1, 0.15) is 5.75 Å². The minimum atomic E-state index is -0.453. The zero-order valence-corrected chi connectivity index (χ0v) is 17.7. The van der Waals surface area contributed by atoms with Crippen molar-refractivity contribution in [3.63, 3.8) is 0 Å². The molecular formula is C20H16BrN3O4S. The van der Waals surface area contributed by atoms with E-state index in [0.717, 1.165) is 15.6 Å². The molecule has 0 radical (unpaired) electrons. The first-order valence-electron chi connectivity index (χ1n) is 8.58. The van der Waals surface area contributed by atoms with Gasteiger partial charge in [-0.05, 0) is 43.3 Å². The summed E-state index contributed by atoms with van der Waals surface area (Å²) in [5.41, 5.74) is 2.16. The van der Waals surface area contributed by atoms with Crippen molar-refractivity contribution < 1.29 is 14.5 Å². The van der Waals surface area contributed by atoms with E-state index in [2.05, 4.69) is 26.2 Å². The third-order valence-electron chi connectivity index (χ3n) is 3.79. The third kappa shape index (κ3) is 5.49. The number of hydrogen-bond donors (Lipinski definition) is 1. The normalized spacial score (nSPS) is 10.8. The van der Waals surface area contributed by atoms with E-state index in [1.54, 1.807) is 23.6 Å². The summed E-state index contributed by atoms with van der Waals surface area (Å²) in [6, 6.07) is 11.7. The largest absolute Gasteiger partial charge is 0.493 e. The lowest BCUT2D eigenvalue weighted by Gasteiger charge is -2.07. The average molecular weight is 474 g/mol. The van der Waals surface area contributed by atoms with Crippen molar-refractivity contribution in [3.05, 3.63) is 74.1 Å². The van der Waals surface area contributed by atoms with E-state index in [9.17, 15) is 14.9 Å². The number of nitrogens with one attached hydrogen (secondary N) is 1. The minimum absolute atomic E-state index is 0.0154. The van der Waals surface area contributed by atoms with Crippen molar-refractivity contribution in [2.45, 2.75) is 6.92 Å². The van der Waals surface area contributed by atoms with Gasteiger partial charge in [-0.25, -0.2) is 4.98 Å². The van der Waals surface area contributed by atoms with Gasteiger partial charge >= 0.3 is 0 Å². The summed E-state index contributed by atoms with van der Waals surface area (Å²) in [5.74, 6) is 0.367. The lowest BCUT2D eigenvalue weighted by Crippen LogP contribution is -2.07. The van der Waals surface area contributed by atoms with E-state index in [4.69, 9.17) is 4.74 Å². The number of carbonyl (C=O) groups excluding carboxylic acids is 1. The first-order valence-corrected chi connectivity index (χ1v) is 10.3. The van der Waals surface area contributed by atoms with Crippen molar-refractivity contribution in [1.29, 1.82) is 0 Å². The molecule has 0 aliphatic carbocycles. The second kappa shape index (κ2) is 9.44. The summed E-state index contributed by atoms with van der Waals surface area (Å²) in [5, 5.41) is 15.7. The predicted octanol–water partition coefficient (Wildman–Crippen LogP) is 5.53. The van der Waals surface area contributed by atoms with E-state index in [-0.39, 0.29) is 11.6 Å². The minimum Gasteiger partial charge on any atom is -0.493 e. The van der Waals surface area contributed by atoms with Crippen LogP contribution >= 0.6 is 27.3 Å². The highest BCUT2D eigenvalue weighted by Crippen LogP contribution is 2.27. The average Bonchev–Trinajstić information content (AvgIpc) is 3.16. The molecule has 1 heterocycles. The molecular weight excluding hydrogens is 458 g/mol. The molecule has 3 rings (SSSR count). The number of hydrogen-bond acceptors (Lipinski definition) is 6. The van der Waals surface area contributed by atoms with E-state index >= 15 is 0 Å². The summed E-state index contributed by atoms with van der Waals surface area (Å²) < 4.78 is 6.44. The van der Waals surface area contributed by atoms with Crippen LogP contribution in [0.1, 0.15) is 12.5 Å². The van der Waals surface area contributed by atoms with Gasteiger partial charge in [-0.3, -0.25) is 20.2 Å². The molecule has 0 spiro atoms. The fourth-order valence-corrected chi connectivity index (χ4v) is 3.57. The maximum Gasteiger partial charge on any atom is 0.269 e. The Balaban J connectivity index is 1.68. The molecule has 1 aromatic heterocycles. The number of halogens is 1. The van der Waals surface area contributed by atoms with Gasteiger partial charge in [0.15, 0.2) is 5.13 Å². The van der Waals surface area contributed by atoms with E-state index in [1.165, 1.54) is 29.5 Å². The molecule has 3 aromatic rings. The van der Waals surface area contributed by atoms with Crippen LogP contribution in [0.4, 0.5) is 10.8 Å².